The Bertz CT molecular complexity index is 517. The minimum atomic E-state index is -1.13. The molecule has 0 aliphatic carbocycles. The molecule has 7 heteroatoms. The van der Waals surface area contributed by atoms with Crippen molar-refractivity contribution in [2.24, 2.45) is 0 Å². The van der Waals surface area contributed by atoms with Crippen LogP contribution in [0.1, 0.15) is 29.1 Å². The molecule has 0 aromatic carbocycles. The first-order valence-corrected chi connectivity index (χ1v) is 5.05. The summed E-state index contributed by atoms with van der Waals surface area (Å²) < 4.78 is 10.3. The van der Waals surface area contributed by atoms with E-state index in [9.17, 15) is 4.79 Å². The topological polar surface area (TPSA) is 101 Å². The summed E-state index contributed by atoms with van der Waals surface area (Å²) in [5.41, 5.74) is -0.144. The summed E-state index contributed by atoms with van der Waals surface area (Å²) in [5, 5.41) is 11.4. The van der Waals surface area contributed by atoms with E-state index in [2.05, 4.69) is 15.3 Å². The highest BCUT2D eigenvalue weighted by atomic mass is 16.4. The van der Waals surface area contributed by atoms with E-state index in [1.54, 1.807) is 6.20 Å². The van der Waals surface area contributed by atoms with Crippen LogP contribution in [0.5, 0.6) is 0 Å². The van der Waals surface area contributed by atoms with Crippen LogP contribution in [-0.2, 0) is 13.0 Å². The molecule has 0 aliphatic heterocycles. The highest BCUT2D eigenvalue weighted by Crippen LogP contribution is 2.10. The minimum Gasteiger partial charge on any atom is -0.476 e. The zero-order chi connectivity index (χ0) is 12.3. The number of aromatic nitrogens is 2. The minimum absolute atomic E-state index is 0.124. The van der Waals surface area contributed by atoms with Crippen LogP contribution in [0.25, 0.3) is 0 Å². The second-order valence-corrected chi connectivity index (χ2v) is 3.27. The quantitative estimate of drug-likeness (QED) is 0.812. The average Bonchev–Trinajstić information content (AvgIpc) is 2.95. The molecule has 2 N–H and O–H groups in total. The number of rotatable bonds is 5. The van der Waals surface area contributed by atoms with E-state index in [1.165, 1.54) is 0 Å². The highest BCUT2D eigenvalue weighted by molar-refractivity contribution is 5.85. The third kappa shape index (κ3) is 2.63. The van der Waals surface area contributed by atoms with Gasteiger partial charge in [-0.2, -0.15) is 4.98 Å². The molecule has 0 fully saturated rings. The maximum Gasteiger partial charge on any atom is 0.357 e. The van der Waals surface area contributed by atoms with Gasteiger partial charge in [0.2, 0.25) is 5.89 Å². The fourth-order valence-electron chi connectivity index (χ4n) is 1.20. The van der Waals surface area contributed by atoms with Crippen molar-refractivity contribution in [1.29, 1.82) is 0 Å². The summed E-state index contributed by atoms with van der Waals surface area (Å²) in [7, 11) is 0. The zero-order valence-electron chi connectivity index (χ0n) is 9.14. The van der Waals surface area contributed by atoms with Crippen molar-refractivity contribution in [3.05, 3.63) is 29.8 Å². The van der Waals surface area contributed by atoms with Gasteiger partial charge in [-0.05, 0) is 0 Å². The van der Waals surface area contributed by atoms with Gasteiger partial charge in [-0.1, -0.05) is 6.92 Å². The molecule has 0 unspecified atom stereocenters. The summed E-state index contributed by atoms with van der Waals surface area (Å²) in [6.45, 7) is 2.25. The molecule has 0 saturated carbocycles. The number of aromatic carboxylic acids is 1. The van der Waals surface area contributed by atoms with Gasteiger partial charge in [0.1, 0.15) is 12.0 Å². The van der Waals surface area contributed by atoms with E-state index >= 15 is 0 Å². The van der Waals surface area contributed by atoms with Crippen molar-refractivity contribution in [2.75, 3.05) is 5.32 Å². The van der Waals surface area contributed by atoms with Crippen LogP contribution in [0.2, 0.25) is 0 Å². The van der Waals surface area contributed by atoms with Gasteiger partial charge in [-0.3, -0.25) is 0 Å². The molecule has 0 aliphatic rings. The van der Waals surface area contributed by atoms with E-state index in [4.69, 9.17) is 13.9 Å². The van der Waals surface area contributed by atoms with Gasteiger partial charge >= 0.3 is 5.97 Å². The smallest absolute Gasteiger partial charge is 0.357 e. The fraction of sp³-hybridized carbons (Fsp3) is 0.300. The second kappa shape index (κ2) is 4.69. The van der Waals surface area contributed by atoms with Crippen LogP contribution in [0.15, 0.2) is 21.3 Å². The molecule has 0 amide bonds. The standard InChI is InChI=1S/C10H11N3O4/c1-2-6-3-11-8(17-6)4-12-10-13-7(5-16-10)9(14)15/h3,5H,2,4H2,1H3,(H,12,13)(H,14,15). The number of nitrogens with one attached hydrogen (secondary N) is 1. The number of carboxylic acid groups (broad SMARTS) is 1. The summed E-state index contributed by atoms with van der Waals surface area (Å²) >= 11 is 0. The molecule has 2 aromatic rings. The van der Waals surface area contributed by atoms with Crippen molar-refractivity contribution in [3.63, 3.8) is 0 Å². The first-order chi connectivity index (χ1) is 8.19. The van der Waals surface area contributed by atoms with Crippen LogP contribution in [-0.4, -0.2) is 21.0 Å². The maximum absolute atomic E-state index is 10.5. The van der Waals surface area contributed by atoms with Gasteiger partial charge in [0.15, 0.2) is 5.69 Å². The van der Waals surface area contributed by atoms with Gasteiger partial charge in [-0.15, -0.1) is 0 Å². The zero-order valence-corrected chi connectivity index (χ0v) is 9.14. The Labute approximate surface area is 96.5 Å². The van der Waals surface area contributed by atoms with Gasteiger partial charge in [0.25, 0.3) is 6.01 Å². The van der Waals surface area contributed by atoms with Crippen LogP contribution in [0.4, 0.5) is 6.01 Å². The largest absolute Gasteiger partial charge is 0.476 e. The molecule has 0 saturated heterocycles. The lowest BCUT2D eigenvalue weighted by Crippen LogP contribution is -2.01. The predicted molar refractivity (Wildman–Crippen MR) is 56.7 cm³/mol. The lowest BCUT2D eigenvalue weighted by atomic mass is 10.4. The number of anilines is 1. The Hall–Kier alpha value is -2.31. The Balaban J connectivity index is 1.94. The molecule has 90 valence electrons. The molecule has 2 rings (SSSR count). The van der Waals surface area contributed by atoms with Crippen molar-refractivity contribution < 1.29 is 18.7 Å². The van der Waals surface area contributed by atoms with E-state index in [-0.39, 0.29) is 11.7 Å². The predicted octanol–water partition coefficient (Wildman–Crippen LogP) is 1.54. The number of carbonyl (C=O) groups is 1. The van der Waals surface area contributed by atoms with Crippen LogP contribution in [0.3, 0.4) is 0 Å². The van der Waals surface area contributed by atoms with E-state index in [0.717, 1.165) is 18.4 Å². The number of oxazole rings is 2. The van der Waals surface area contributed by atoms with E-state index < -0.39 is 5.97 Å². The molecule has 0 radical (unpaired) electrons. The highest BCUT2D eigenvalue weighted by Gasteiger charge is 2.10. The van der Waals surface area contributed by atoms with Gasteiger partial charge in [0.05, 0.1) is 12.7 Å². The number of nitrogens with zero attached hydrogens (tertiary/aromatic N) is 2. The Morgan fingerprint density at radius 2 is 2.41 bits per heavy atom. The summed E-state index contributed by atoms with van der Waals surface area (Å²) in [4.78, 5) is 18.3. The van der Waals surface area contributed by atoms with Gasteiger partial charge in [-0.25, -0.2) is 9.78 Å². The van der Waals surface area contributed by atoms with Crippen LogP contribution in [0, 0.1) is 0 Å². The molecule has 2 aromatic heterocycles. The molecule has 17 heavy (non-hydrogen) atoms. The number of hydrogen-bond acceptors (Lipinski definition) is 6. The molecular weight excluding hydrogens is 226 g/mol. The van der Waals surface area contributed by atoms with Crippen molar-refractivity contribution in [1.82, 2.24) is 9.97 Å². The lowest BCUT2D eigenvalue weighted by Gasteiger charge is -1.96. The molecule has 2 heterocycles. The Morgan fingerprint density at radius 1 is 1.59 bits per heavy atom. The van der Waals surface area contributed by atoms with E-state index in [0.29, 0.717) is 12.4 Å². The molecule has 0 spiro atoms. The molecular formula is C10H11N3O4. The Kier molecular flexibility index (Phi) is 3.08. The van der Waals surface area contributed by atoms with Crippen LogP contribution >= 0.6 is 0 Å². The lowest BCUT2D eigenvalue weighted by molar-refractivity contribution is 0.0690. The normalized spacial score (nSPS) is 10.4. The fourth-order valence-corrected chi connectivity index (χ4v) is 1.20. The van der Waals surface area contributed by atoms with Crippen molar-refractivity contribution >= 4 is 12.0 Å². The first kappa shape index (κ1) is 11.2. The maximum atomic E-state index is 10.5. The molecule has 0 atom stereocenters. The van der Waals surface area contributed by atoms with Crippen molar-refractivity contribution in [2.45, 2.75) is 19.9 Å². The van der Waals surface area contributed by atoms with E-state index in [1.807, 2.05) is 6.92 Å². The van der Waals surface area contributed by atoms with Crippen LogP contribution < -0.4 is 5.32 Å². The third-order valence-electron chi connectivity index (χ3n) is 2.06. The number of carboxylic acids is 1. The third-order valence-corrected chi connectivity index (χ3v) is 2.06. The number of aryl methyl sites for hydroxylation is 1. The average molecular weight is 237 g/mol. The summed E-state index contributed by atoms with van der Waals surface area (Å²) in [5.74, 6) is 0.156. The first-order valence-electron chi connectivity index (χ1n) is 5.05. The van der Waals surface area contributed by atoms with Crippen molar-refractivity contribution in [3.8, 4) is 0 Å². The SMILES string of the molecule is CCc1cnc(CNc2nc(C(=O)O)co2)o1. The second-order valence-electron chi connectivity index (χ2n) is 3.27. The Morgan fingerprint density at radius 3 is 3.00 bits per heavy atom. The van der Waals surface area contributed by atoms with Gasteiger partial charge in [0, 0.05) is 6.42 Å². The monoisotopic (exact) mass is 237 g/mol. The summed E-state index contributed by atoms with van der Waals surface area (Å²) in [6.07, 6.45) is 3.49. The molecule has 0 bridgehead atoms. The molecule has 7 nitrogen and oxygen atoms in total. The van der Waals surface area contributed by atoms with Gasteiger partial charge < -0.3 is 19.3 Å². The number of hydrogen-bond donors (Lipinski definition) is 2. The summed E-state index contributed by atoms with van der Waals surface area (Å²) in [6, 6.07) is 0.124.